The van der Waals surface area contributed by atoms with E-state index in [4.69, 9.17) is 5.11 Å². The minimum absolute atomic E-state index is 0.0380. The first-order valence-corrected chi connectivity index (χ1v) is 5.99. The van der Waals surface area contributed by atoms with Crippen LogP contribution in [0.4, 0.5) is 0 Å². The van der Waals surface area contributed by atoms with Gasteiger partial charge in [0, 0.05) is 11.5 Å². The third kappa shape index (κ3) is 5.29. The van der Waals surface area contributed by atoms with Crippen LogP contribution in [0.1, 0.15) is 34.6 Å². The summed E-state index contributed by atoms with van der Waals surface area (Å²) in [6.07, 6.45) is 2.57. The summed E-state index contributed by atoms with van der Waals surface area (Å²) in [4.78, 5) is 12.1. The van der Waals surface area contributed by atoms with E-state index in [1.54, 1.807) is 13.0 Å². The molecule has 3 heteroatoms. The second-order valence-corrected chi connectivity index (χ2v) is 4.95. The van der Waals surface area contributed by atoms with Crippen molar-refractivity contribution >= 4 is 5.78 Å². The number of allylic oxidation sites excluding steroid dienone is 3. The molecule has 0 spiro atoms. The molecule has 0 saturated heterocycles. The number of ketones is 1. The fourth-order valence-corrected chi connectivity index (χ4v) is 1.64. The average Bonchev–Trinajstić information content (AvgIpc) is 2.24. The van der Waals surface area contributed by atoms with Gasteiger partial charge in [0.25, 0.3) is 0 Å². The Morgan fingerprint density at radius 3 is 2.12 bits per heavy atom. The van der Waals surface area contributed by atoms with Crippen molar-refractivity contribution in [1.29, 1.82) is 0 Å². The third-order valence-corrected chi connectivity index (χ3v) is 2.65. The summed E-state index contributed by atoms with van der Waals surface area (Å²) in [6, 6.07) is 0. The maximum atomic E-state index is 12.1. The molecule has 0 radical (unpaired) electrons. The first-order chi connectivity index (χ1) is 7.81. The van der Waals surface area contributed by atoms with Crippen LogP contribution in [-0.4, -0.2) is 28.7 Å². The first kappa shape index (κ1) is 16.1. The molecular formula is C14H24O3. The monoisotopic (exact) mass is 240 g/mol. The smallest absolute Gasteiger partial charge is 0.168 e. The second-order valence-electron chi connectivity index (χ2n) is 4.95. The van der Waals surface area contributed by atoms with E-state index >= 15 is 0 Å². The Bertz CT molecular complexity index is 309. The number of rotatable bonds is 6. The Kier molecular flexibility index (Phi) is 7.00. The van der Waals surface area contributed by atoms with Crippen LogP contribution < -0.4 is 0 Å². The molecule has 17 heavy (non-hydrogen) atoms. The SMILES string of the molecule is CC(C)=CC(=CCO)C(=O)C(C)[C@H](O)C(C)C. The van der Waals surface area contributed by atoms with E-state index in [9.17, 15) is 9.90 Å². The zero-order valence-electron chi connectivity index (χ0n) is 11.4. The maximum Gasteiger partial charge on any atom is 0.168 e. The van der Waals surface area contributed by atoms with E-state index in [2.05, 4.69) is 0 Å². The van der Waals surface area contributed by atoms with Crippen LogP contribution >= 0.6 is 0 Å². The van der Waals surface area contributed by atoms with Gasteiger partial charge in [-0.15, -0.1) is 0 Å². The zero-order chi connectivity index (χ0) is 13.6. The van der Waals surface area contributed by atoms with E-state index < -0.39 is 12.0 Å². The molecule has 0 amide bonds. The van der Waals surface area contributed by atoms with Crippen molar-refractivity contribution in [3.63, 3.8) is 0 Å². The number of aliphatic hydroxyl groups is 2. The molecule has 0 saturated carbocycles. The molecule has 0 rings (SSSR count). The summed E-state index contributed by atoms with van der Waals surface area (Å²) in [5.41, 5.74) is 1.46. The highest BCUT2D eigenvalue weighted by Crippen LogP contribution is 2.18. The number of aliphatic hydroxyl groups excluding tert-OH is 2. The number of carbonyl (C=O) groups excluding carboxylic acids is 1. The quantitative estimate of drug-likeness (QED) is 0.552. The van der Waals surface area contributed by atoms with Crippen LogP contribution in [0.25, 0.3) is 0 Å². The normalized spacial score (nSPS) is 15.6. The number of hydrogen-bond acceptors (Lipinski definition) is 3. The lowest BCUT2D eigenvalue weighted by atomic mass is 9.87. The van der Waals surface area contributed by atoms with Crippen LogP contribution in [0.3, 0.4) is 0 Å². The summed E-state index contributed by atoms with van der Waals surface area (Å²) in [7, 11) is 0. The molecule has 0 aliphatic carbocycles. The summed E-state index contributed by atoms with van der Waals surface area (Å²) in [6.45, 7) is 9.09. The largest absolute Gasteiger partial charge is 0.392 e. The lowest BCUT2D eigenvalue weighted by Gasteiger charge is -2.21. The third-order valence-electron chi connectivity index (χ3n) is 2.65. The summed E-state index contributed by atoms with van der Waals surface area (Å²) >= 11 is 0. The lowest BCUT2D eigenvalue weighted by molar-refractivity contribution is -0.122. The first-order valence-electron chi connectivity index (χ1n) is 5.99. The Hall–Kier alpha value is -0.930. The van der Waals surface area contributed by atoms with E-state index in [1.807, 2.05) is 27.7 Å². The Morgan fingerprint density at radius 1 is 1.24 bits per heavy atom. The van der Waals surface area contributed by atoms with Crippen molar-refractivity contribution in [2.24, 2.45) is 11.8 Å². The van der Waals surface area contributed by atoms with Gasteiger partial charge in [-0.3, -0.25) is 4.79 Å². The van der Waals surface area contributed by atoms with Gasteiger partial charge in [-0.1, -0.05) is 32.4 Å². The van der Waals surface area contributed by atoms with Gasteiger partial charge in [0.05, 0.1) is 12.7 Å². The van der Waals surface area contributed by atoms with E-state index in [1.165, 1.54) is 6.08 Å². The molecule has 0 aromatic heterocycles. The minimum atomic E-state index is -0.657. The van der Waals surface area contributed by atoms with Crippen molar-refractivity contribution in [3.05, 3.63) is 23.3 Å². The van der Waals surface area contributed by atoms with Gasteiger partial charge in [0.1, 0.15) is 0 Å². The average molecular weight is 240 g/mol. The van der Waals surface area contributed by atoms with Crippen LogP contribution in [0, 0.1) is 11.8 Å². The second kappa shape index (κ2) is 7.41. The van der Waals surface area contributed by atoms with Crippen LogP contribution in [0.15, 0.2) is 23.3 Å². The highest BCUT2D eigenvalue weighted by molar-refractivity contribution is 5.99. The van der Waals surface area contributed by atoms with E-state index in [0.717, 1.165) is 5.57 Å². The molecular weight excluding hydrogens is 216 g/mol. The Labute approximate surface area is 104 Å². The molecule has 0 fully saturated rings. The lowest BCUT2D eigenvalue weighted by Crippen LogP contribution is -2.30. The zero-order valence-corrected chi connectivity index (χ0v) is 11.4. The van der Waals surface area contributed by atoms with Gasteiger partial charge >= 0.3 is 0 Å². The highest BCUT2D eigenvalue weighted by Gasteiger charge is 2.25. The van der Waals surface area contributed by atoms with Crippen molar-refractivity contribution in [3.8, 4) is 0 Å². The number of carbonyl (C=O) groups is 1. The molecule has 0 aromatic rings. The van der Waals surface area contributed by atoms with Gasteiger partial charge in [0.15, 0.2) is 5.78 Å². The number of hydrogen-bond donors (Lipinski definition) is 2. The van der Waals surface area contributed by atoms with Gasteiger partial charge in [-0.05, 0) is 25.8 Å². The molecule has 2 N–H and O–H groups in total. The molecule has 98 valence electrons. The summed E-state index contributed by atoms with van der Waals surface area (Å²) in [5, 5.41) is 18.8. The molecule has 0 aliphatic heterocycles. The standard InChI is InChI=1S/C14H24O3/c1-9(2)8-12(6-7-15)14(17)11(5)13(16)10(3)4/h6,8,10-11,13,15-16H,7H2,1-5H3/t11?,13-/m1/s1. The van der Waals surface area contributed by atoms with E-state index in [-0.39, 0.29) is 18.3 Å². The van der Waals surface area contributed by atoms with E-state index in [0.29, 0.717) is 5.57 Å². The molecule has 0 aliphatic rings. The molecule has 0 aromatic carbocycles. The maximum absolute atomic E-state index is 12.1. The van der Waals surface area contributed by atoms with Crippen molar-refractivity contribution in [2.75, 3.05) is 6.61 Å². The molecule has 3 nitrogen and oxygen atoms in total. The van der Waals surface area contributed by atoms with Gasteiger partial charge < -0.3 is 10.2 Å². The van der Waals surface area contributed by atoms with Crippen molar-refractivity contribution < 1.29 is 15.0 Å². The van der Waals surface area contributed by atoms with Gasteiger partial charge in [-0.2, -0.15) is 0 Å². The van der Waals surface area contributed by atoms with Crippen molar-refractivity contribution in [2.45, 2.75) is 40.7 Å². The predicted octanol–water partition coefficient (Wildman–Crippen LogP) is 2.09. The summed E-state index contributed by atoms with van der Waals surface area (Å²) < 4.78 is 0. The Balaban J connectivity index is 4.98. The van der Waals surface area contributed by atoms with Crippen LogP contribution in [-0.2, 0) is 4.79 Å². The summed E-state index contributed by atoms with van der Waals surface area (Å²) in [5.74, 6) is -0.541. The highest BCUT2D eigenvalue weighted by atomic mass is 16.3. The fourth-order valence-electron chi connectivity index (χ4n) is 1.64. The van der Waals surface area contributed by atoms with Crippen molar-refractivity contribution in [1.82, 2.24) is 0 Å². The molecule has 0 heterocycles. The molecule has 2 atom stereocenters. The topological polar surface area (TPSA) is 57.5 Å². The number of Topliss-reactive ketones (excluding diaryl/α,β-unsaturated/α-hetero) is 1. The van der Waals surface area contributed by atoms with Gasteiger partial charge in [-0.25, -0.2) is 0 Å². The van der Waals surface area contributed by atoms with Crippen LogP contribution in [0.2, 0.25) is 0 Å². The predicted molar refractivity (Wildman–Crippen MR) is 69.6 cm³/mol. The van der Waals surface area contributed by atoms with Crippen LogP contribution in [0.5, 0.6) is 0 Å². The minimum Gasteiger partial charge on any atom is -0.392 e. The fraction of sp³-hybridized carbons (Fsp3) is 0.643. The molecule has 1 unspecified atom stereocenters. The molecule has 0 bridgehead atoms. The van der Waals surface area contributed by atoms with Gasteiger partial charge in [0.2, 0.25) is 0 Å². The Morgan fingerprint density at radius 2 is 1.76 bits per heavy atom.